The molecule has 0 fully saturated rings. The second kappa shape index (κ2) is 9.87. The highest BCUT2D eigenvalue weighted by molar-refractivity contribution is 6.24. The third kappa shape index (κ3) is 5.01. The Bertz CT molecular complexity index is 1440. The normalized spacial score (nSPS) is 11.4. The molecule has 5 aromatic rings. The van der Waals surface area contributed by atoms with Crippen LogP contribution in [0, 0.1) is 0 Å². The molecule has 1 N–H and O–H groups in total. The van der Waals surface area contributed by atoms with Crippen molar-refractivity contribution in [3.05, 3.63) is 97.0 Å². The summed E-state index contributed by atoms with van der Waals surface area (Å²) >= 11 is 0. The fourth-order valence-corrected chi connectivity index (χ4v) is 3.36. The van der Waals surface area contributed by atoms with Crippen molar-refractivity contribution in [3.8, 4) is 17.1 Å². The Labute approximate surface area is 200 Å². The van der Waals surface area contributed by atoms with Gasteiger partial charge in [-0.15, -0.1) is 5.10 Å². The van der Waals surface area contributed by atoms with Crippen molar-refractivity contribution in [2.45, 2.75) is 6.61 Å². The lowest BCUT2D eigenvalue weighted by molar-refractivity contribution is -0.111. The molecule has 174 valence electrons. The number of imidazole rings is 1. The number of rotatable bonds is 8. The summed E-state index contributed by atoms with van der Waals surface area (Å²) in [5.41, 5.74) is 1.54. The number of aryl methyl sites for hydroxylation is 1. The number of benzene rings is 2. The minimum atomic E-state index is -0.410. The summed E-state index contributed by atoms with van der Waals surface area (Å²) in [6.07, 6.45) is 6.70. The van der Waals surface area contributed by atoms with E-state index in [0.29, 0.717) is 29.6 Å². The minimum absolute atomic E-state index is 0.193. The third-order valence-corrected chi connectivity index (χ3v) is 5.19. The number of aromatic nitrogens is 6. The van der Waals surface area contributed by atoms with Crippen molar-refractivity contribution < 1.29 is 13.9 Å². The predicted octanol–water partition coefficient (Wildman–Crippen LogP) is 3.88. The molecule has 0 saturated carbocycles. The maximum atomic E-state index is 13.3. The van der Waals surface area contributed by atoms with Gasteiger partial charge in [-0.25, -0.2) is 4.98 Å². The van der Waals surface area contributed by atoms with Gasteiger partial charge >= 0.3 is 0 Å². The van der Waals surface area contributed by atoms with E-state index >= 15 is 0 Å². The number of carbonyl (C=O) groups excluding carboxylic acids is 1. The van der Waals surface area contributed by atoms with Crippen LogP contribution in [0.4, 0.5) is 5.69 Å². The standard InChI is InChI=1S/C25H21N7O3/c1-31-14-13-26-23(31)17-35-20-11-9-19(10-12-20)27-25(33)22(16-21-8-5-15-34-21)32-24(28-29-30-32)18-6-3-2-4-7-18/h2-16H,17H2,1H3,(H,27,33)/b22-16+. The van der Waals surface area contributed by atoms with Crippen LogP contribution < -0.4 is 10.1 Å². The van der Waals surface area contributed by atoms with Gasteiger partial charge in [-0.2, -0.15) is 4.68 Å². The molecule has 3 heterocycles. The van der Waals surface area contributed by atoms with E-state index in [-0.39, 0.29) is 5.70 Å². The Morgan fingerprint density at radius 1 is 1.09 bits per heavy atom. The van der Waals surface area contributed by atoms with Gasteiger partial charge < -0.3 is 19.0 Å². The van der Waals surface area contributed by atoms with E-state index in [2.05, 4.69) is 25.8 Å². The molecule has 0 aliphatic carbocycles. The lowest BCUT2D eigenvalue weighted by atomic mass is 10.2. The van der Waals surface area contributed by atoms with Crippen molar-refractivity contribution in [3.63, 3.8) is 0 Å². The van der Waals surface area contributed by atoms with Crippen LogP contribution in [-0.4, -0.2) is 35.7 Å². The number of furan rings is 1. The van der Waals surface area contributed by atoms with Gasteiger partial charge in [0.1, 0.15) is 29.6 Å². The third-order valence-electron chi connectivity index (χ3n) is 5.19. The summed E-state index contributed by atoms with van der Waals surface area (Å²) in [5.74, 6) is 1.97. The second-order valence-corrected chi connectivity index (χ2v) is 7.55. The van der Waals surface area contributed by atoms with E-state index in [0.717, 1.165) is 11.4 Å². The highest BCUT2D eigenvalue weighted by Crippen LogP contribution is 2.23. The molecule has 35 heavy (non-hydrogen) atoms. The van der Waals surface area contributed by atoms with Crippen LogP contribution in [0.3, 0.4) is 0 Å². The first-order chi connectivity index (χ1) is 17.2. The van der Waals surface area contributed by atoms with Crippen molar-refractivity contribution in [1.82, 2.24) is 29.8 Å². The molecule has 5 rings (SSSR count). The fraction of sp³-hybridized carbons (Fsp3) is 0.0800. The lowest BCUT2D eigenvalue weighted by Crippen LogP contribution is -2.19. The van der Waals surface area contributed by atoms with Crippen molar-refractivity contribution in [2.75, 3.05) is 5.32 Å². The SMILES string of the molecule is Cn1ccnc1COc1ccc(NC(=O)/C(=C\c2ccco2)n2nnnc2-c2ccccc2)cc1. The Kier molecular flexibility index (Phi) is 6.16. The number of amides is 1. The minimum Gasteiger partial charge on any atom is -0.486 e. The molecule has 10 heteroatoms. The first kappa shape index (κ1) is 21.8. The van der Waals surface area contributed by atoms with E-state index in [9.17, 15) is 4.79 Å². The van der Waals surface area contributed by atoms with Gasteiger partial charge in [-0.1, -0.05) is 30.3 Å². The molecule has 0 spiro atoms. The van der Waals surface area contributed by atoms with E-state index in [4.69, 9.17) is 9.15 Å². The average molecular weight is 467 g/mol. The number of carbonyl (C=O) groups is 1. The van der Waals surface area contributed by atoms with E-state index in [1.54, 1.807) is 48.7 Å². The number of hydrogen-bond donors (Lipinski definition) is 1. The van der Waals surface area contributed by atoms with Gasteiger partial charge in [0.15, 0.2) is 5.82 Å². The summed E-state index contributed by atoms with van der Waals surface area (Å²) in [6.45, 7) is 0.340. The fourth-order valence-electron chi connectivity index (χ4n) is 3.36. The number of ether oxygens (including phenoxy) is 1. The number of nitrogens with one attached hydrogen (secondary N) is 1. The summed E-state index contributed by atoms with van der Waals surface area (Å²) in [7, 11) is 1.91. The Hall–Kier alpha value is -4.99. The zero-order chi connectivity index (χ0) is 24.0. The topological polar surface area (TPSA) is 113 Å². The summed E-state index contributed by atoms with van der Waals surface area (Å²) in [6, 6.07) is 19.9. The number of hydrogen-bond acceptors (Lipinski definition) is 7. The number of anilines is 1. The van der Waals surface area contributed by atoms with Gasteiger partial charge in [-0.3, -0.25) is 4.79 Å². The highest BCUT2D eigenvalue weighted by atomic mass is 16.5. The summed E-state index contributed by atoms with van der Waals surface area (Å²) in [4.78, 5) is 17.6. The van der Waals surface area contributed by atoms with Crippen LogP contribution in [0.5, 0.6) is 5.75 Å². The van der Waals surface area contributed by atoms with Crippen molar-refractivity contribution in [1.29, 1.82) is 0 Å². The van der Waals surface area contributed by atoms with Gasteiger partial charge in [0.05, 0.1) is 6.26 Å². The molecule has 0 unspecified atom stereocenters. The second-order valence-electron chi connectivity index (χ2n) is 7.55. The maximum Gasteiger partial charge on any atom is 0.274 e. The summed E-state index contributed by atoms with van der Waals surface area (Å²) < 4.78 is 14.5. The van der Waals surface area contributed by atoms with Gasteiger partial charge in [-0.05, 0) is 46.8 Å². The zero-order valence-corrected chi connectivity index (χ0v) is 18.8. The van der Waals surface area contributed by atoms with Crippen LogP contribution in [-0.2, 0) is 18.4 Å². The number of tetrazole rings is 1. The van der Waals surface area contributed by atoms with Crippen LogP contribution in [0.2, 0.25) is 0 Å². The van der Waals surface area contributed by atoms with Crippen molar-refractivity contribution >= 4 is 23.4 Å². The monoisotopic (exact) mass is 467 g/mol. The van der Waals surface area contributed by atoms with E-state index in [1.165, 1.54) is 10.9 Å². The van der Waals surface area contributed by atoms with E-state index < -0.39 is 5.91 Å². The molecule has 0 atom stereocenters. The molecule has 3 aromatic heterocycles. The lowest BCUT2D eigenvalue weighted by Gasteiger charge is -2.11. The molecule has 0 aliphatic heterocycles. The smallest absolute Gasteiger partial charge is 0.274 e. The molecular weight excluding hydrogens is 446 g/mol. The molecule has 0 radical (unpaired) electrons. The summed E-state index contributed by atoms with van der Waals surface area (Å²) in [5, 5.41) is 14.9. The Balaban J connectivity index is 1.37. The number of nitrogens with zero attached hydrogens (tertiary/aromatic N) is 6. The first-order valence-electron chi connectivity index (χ1n) is 10.8. The van der Waals surface area contributed by atoms with Crippen LogP contribution >= 0.6 is 0 Å². The average Bonchev–Trinajstić information content (AvgIpc) is 3.65. The Morgan fingerprint density at radius 3 is 2.63 bits per heavy atom. The molecular formula is C25H21N7O3. The highest BCUT2D eigenvalue weighted by Gasteiger charge is 2.20. The van der Waals surface area contributed by atoms with Crippen LogP contribution in [0.25, 0.3) is 23.2 Å². The van der Waals surface area contributed by atoms with Crippen LogP contribution in [0.1, 0.15) is 11.6 Å². The molecule has 10 nitrogen and oxygen atoms in total. The van der Waals surface area contributed by atoms with Crippen molar-refractivity contribution in [2.24, 2.45) is 7.05 Å². The van der Waals surface area contributed by atoms with Gasteiger partial charge in [0.2, 0.25) is 0 Å². The molecule has 0 aliphatic rings. The zero-order valence-electron chi connectivity index (χ0n) is 18.8. The molecule has 1 amide bonds. The van der Waals surface area contributed by atoms with E-state index in [1.807, 2.05) is 48.1 Å². The van der Waals surface area contributed by atoms with Gasteiger partial charge in [0, 0.05) is 36.8 Å². The van der Waals surface area contributed by atoms with Crippen LogP contribution in [0.15, 0.2) is 89.8 Å². The maximum absolute atomic E-state index is 13.3. The molecule has 0 saturated heterocycles. The largest absolute Gasteiger partial charge is 0.486 e. The van der Waals surface area contributed by atoms with Gasteiger partial charge in [0.25, 0.3) is 5.91 Å². The molecule has 0 bridgehead atoms. The quantitative estimate of drug-likeness (QED) is 0.345. The predicted molar refractivity (Wildman–Crippen MR) is 129 cm³/mol. The Morgan fingerprint density at radius 2 is 1.91 bits per heavy atom. The first-order valence-corrected chi connectivity index (χ1v) is 10.8. The molecule has 2 aromatic carbocycles.